The highest BCUT2D eigenvalue weighted by Crippen LogP contribution is 2.36. The second kappa shape index (κ2) is 7.09. The van der Waals surface area contributed by atoms with Gasteiger partial charge in [0.15, 0.2) is 0 Å². The van der Waals surface area contributed by atoms with Gasteiger partial charge in [-0.3, -0.25) is 5.32 Å². The second-order valence-corrected chi connectivity index (χ2v) is 5.44. The normalized spacial score (nSPS) is 10.1. The van der Waals surface area contributed by atoms with E-state index in [-0.39, 0.29) is 6.61 Å². The number of hydrogen-bond acceptors (Lipinski definition) is 5. The number of ether oxygens (including phenoxy) is 2. The highest BCUT2D eigenvalue weighted by atomic mass is 32.1. The summed E-state index contributed by atoms with van der Waals surface area (Å²) >= 11 is 1.26. The smallest absolute Gasteiger partial charge is 0.411 e. The number of nitrogens with one attached hydrogen (secondary N) is 1. The summed E-state index contributed by atoms with van der Waals surface area (Å²) in [6.45, 7) is 4.00. The third-order valence-electron chi connectivity index (χ3n) is 3.03. The van der Waals surface area contributed by atoms with Gasteiger partial charge in [-0.15, -0.1) is 11.3 Å². The van der Waals surface area contributed by atoms with E-state index in [2.05, 4.69) is 10.1 Å². The van der Waals surface area contributed by atoms with Crippen LogP contribution in [0.25, 0.3) is 11.1 Å². The quantitative estimate of drug-likeness (QED) is 0.862. The molecule has 0 aliphatic rings. The molecule has 0 atom stereocenters. The average Bonchev–Trinajstić information content (AvgIpc) is 2.91. The van der Waals surface area contributed by atoms with E-state index in [0.717, 1.165) is 16.7 Å². The van der Waals surface area contributed by atoms with Crippen molar-refractivity contribution in [3.8, 4) is 11.1 Å². The van der Waals surface area contributed by atoms with Gasteiger partial charge in [-0.05, 0) is 19.4 Å². The summed E-state index contributed by atoms with van der Waals surface area (Å²) in [5.74, 6) is -0.467. The van der Waals surface area contributed by atoms with Crippen molar-refractivity contribution in [2.75, 3.05) is 19.0 Å². The molecule has 6 heteroatoms. The topological polar surface area (TPSA) is 64.6 Å². The minimum atomic E-state index is -0.622. The van der Waals surface area contributed by atoms with Gasteiger partial charge in [-0.25, -0.2) is 9.59 Å². The highest BCUT2D eigenvalue weighted by Gasteiger charge is 2.22. The molecule has 0 aliphatic carbocycles. The zero-order chi connectivity index (χ0) is 16.1. The maximum absolute atomic E-state index is 12.2. The van der Waals surface area contributed by atoms with E-state index in [4.69, 9.17) is 4.74 Å². The van der Waals surface area contributed by atoms with E-state index < -0.39 is 12.1 Å². The first-order chi connectivity index (χ1) is 10.6. The fourth-order valence-electron chi connectivity index (χ4n) is 1.95. The van der Waals surface area contributed by atoms with Gasteiger partial charge in [0.1, 0.15) is 10.6 Å². The Morgan fingerprint density at radius 3 is 2.50 bits per heavy atom. The Kier molecular flexibility index (Phi) is 5.16. The lowest BCUT2D eigenvalue weighted by atomic mass is 10.0. The molecule has 0 aliphatic heterocycles. The van der Waals surface area contributed by atoms with Gasteiger partial charge < -0.3 is 9.47 Å². The fourth-order valence-corrected chi connectivity index (χ4v) is 2.89. The SMILES string of the molecule is CCOC(=O)c1c(-c2ccc(C)cc2)csc1NC(=O)OC. The molecule has 1 amide bonds. The molecule has 1 N–H and O–H groups in total. The average molecular weight is 319 g/mol. The molecule has 1 heterocycles. The molecule has 0 spiro atoms. The van der Waals surface area contributed by atoms with E-state index in [1.54, 1.807) is 6.92 Å². The highest BCUT2D eigenvalue weighted by molar-refractivity contribution is 7.15. The lowest BCUT2D eigenvalue weighted by molar-refractivity contribution is 0.0529. The number of carbonyl (C=O) groups excluding carboxylic acids is 2. The van der Waals surface area contributed by atoms with E-state index >= 15 is 0 Å². The van der Waals surface area contributed by atoms with Crippen molar-refractivity contribution < 1.29 is 19.1 Å². The lowest BCUT2D eigenvalue weighted by Crippen LogP contribution is -2.14. The van der Waals surface area contributed by atoms with Crippen LogP contribution in [0.3, 0.4) is 0 Å². The number of anilines is 1. The summed E-state index contributed by atoms with van der Waals surface area (Å²) in [4.78, 5) is 23.7. The molecule has 0 bridgehead atoms. The zero-order valence-electron chi connectivity index (χ0n) is 12.6. The molecule has 0 unspecified atom stereocenters. The summed E-state index contributed by atoms with van der Waals surface area (Å²) in [6.07, 6.45) is -0.622. The molecule has 2 rings (SSSR count). The van der Waals surface area contributed by atoms with Gasteiger partial charge in [0, 0.05) is 10.9 Å². The van der Waals surface area contributed by atoms with E-state index in [1.807, 2.05) is 36.6 Å². The summed E-state index contributed by atoms with van der Waals surface area (Å²) in [5, 5.41) is 4.80. The molecular weight excluding hydrogens is 302 g/mol. The van der Waals surface area contributed by atoms with Crippen LogP contribution in [0.2, 0.25) is 0 Å². The van der Waals surface area contributed by atoms with Crippen LogP contribution in [0.1, 0.15) is 22.8 Å². The van der Waals surface area contributed by atoms with Crippen LogP contribution < -0.4 is 5.32 Å². The molecule has 1 aromatic heterocycles. The lowest BCUT2D eigenvalue weighted by Gasteiger charge is -2.08. The third kappa shape index (κ3) is 3.46. The fraction of sp³-hybridized carbons (Fsp3) is 0.250. The van der Waals surface area contributed by atoms with Gasteiger partial charge in [0.05, 0.1) is 13.7 Å². The van der Waals surface area contributed by atoms with Crippen LogP contribution in [0, 0.1) is 6.92 Å². The molecule has 0 saturated heterocycles. The van der Waals surface area contributed by atoms with Gasteiger partial charge in [-0.1, -0.05) is 29.8 Å². The van der Waals surface area contributed by atoms with Crippen LogP contribution in [0.4, 0.5) is 9.80 Å². The molecule has 0 radical (unpaired) electrons. The summed E-state index contributed by atoms with van der Waals surface area (Å²) < 4.78 is 9.69. The zero-order valence-corrected chi connectivity index (χ0v) is 13.5. The second-order valence-electron chi connectivity index (χ2n) is 4.56. The largest absolute Gasteiger partial charge is 0.462 e. The molecule has 0 fully saturated rings. The maximum atomic E-state index is 12.2. The van der Waals surface area contributed by atoms with Gasteiger partial charge in [-0.2, -0.15) is 0 Å². The maximum Gasteiger partial charge on any atom is 0.411 e. The third-order valence-corrected chi connectivity index (χ3v) is 3.93. The van der Waals surface area contributed by atoms with Crippen molar-refractivity contribution in [2.24, 2.45) is 0 Å². The monoisotopic (exact) mass is 319 g/mol. The molecule has 5 nitrogen and oxygen atoms in total. The standard InChI is InChI=1S/C16H17NO4S/c1-4-21-15(18)13-12(11-7-5-10(2)6-8-11)9-22-14(13)17-16(19)20-3/h5-9H,4H2,1-3H3,(H,17,19). The predicted octanol–water partition coefficient (Wildman–Crippen LogP) is 4.08. The molecule has 22 heavy (non-hydrogen) atoms. The van der Waals surface area contributed by atoms with Crippen LogP contribution in [-0.4, -0.2) is 25.8 Å². The Morgan fingerprint density at radius 1 is 1.23 bits per heavy atom. The van der Waals surface area contributed by atoms with Gasteiger partial charge >= 0.3 is 12.1 Å². The summed E-state index contributed by atoms with van der Waals surface area (Å²) in [5.41, 5.74) is 3.10. The van der Waals surface area contributed by atoms with Crippen molar-refractivity contribution in [2.45, 2.75) is 13.8 Å². The first-order valence-corrected chi connectivity index (χ1v) is 7.65. The number of rotatable bonds is 4. The summed E-state index contributed by atoms with van der Waals surface area (Å²) in [6, 6.07) is 7.80. The molecular formula is C16H17NO4S. The Morgan fingerprint density at radius 2 is 1.91 bits per heavy atom. The van der Waals surface area contributed by atoms with E-state index in [9.17, 15) is 9.59 Å². The number of methoxy groups -OCH3 is 1. The van der Waals surface area contributed by atoms with Crippen molar-refractivity contribution in [1.29, 1.82) is 0 Å². The molecule has 2 aromatic rings. The van der Waals surface area contributed by atoms with E-state index in [0.29, 0.717) is 10.6 Å². The minimum absolute atomic E-state index is 0.264. The number of aryl methyl sites for hydroxylation is 1. The van der Waals surface area contributed by atoms with Crippen LogP contribution in [-0.2, 0) is 9.47 Å². The molecule has 1 aromatic carbocycles. The summed E-state index contributed by atoms with van der Waals surface area (Å²) in [7, 11) is 1.27. The number of benzene rings is 1. The Balaban J connectivity index is 2.47. The van der Waals surface area contributed by atoms with Crippen LogP contribution in [0.15, 0.2) is 29.6 Å². The minimum Gasteiger partial charge on any atom is -0.462 e. The Hall–Kier alpha value is -2.34. The molecule has 0 saturated carbocycles. The number of amides is 1. The first-order valence-electron chi connectivity index (χ1n) is 6.77. The van der Waals surface area contributed by atoms with Crippen LogP contribution >= 0.6 is 11.3 Å². The van der Waals surface area contributed by atoms with Crippen molar-refractivity contribution in [3.63, 3.8) is 0 Å². The van der Waals surface area contributed by atoms with E-state index in [1.165, 1.54) is 18.4 Å². The Bertz CT molecular complexity index is 676. The molecule has 116 valence electrons. The predicted molar refractivity (Wildman–Crippen MR) is 86.5 cm³/mol. The van der Waals surface area contributed by atoms with Crippen molar-refractivity contribution in [1.82, 2.24) is 0 Å². The number of carbonyl (C=O) groups is 2. The number of thiophene rings is 1. The van der Waals surface area contributed by atoms with Gasteiger partial charge in [0.2, 0.25) is 0 Å². The van der Waals surface area contributed by atoms with Gasteiger partial charge in [0.25, 0.3) is 0 Å². The number of esters is 1. The van der Waals surface area contributed by atoms with Crippen molar-refractivity contribution >= 4 is 28.4 Å². The van der Waals surface area contributed by atoms with Crippen LogP contribution in [0.5, 0.6) is 0 Å². The number of hydrogen-bond donors (Lipinski definition) is 1. The Labute approximate surface area is 132 Å². The first kappa shape index (κ1) is 16.0. The van der Waals surface area contributed by atoms with Crippen molar-refractivity contribution in [3.05, 3.63) is 40.8 Å².